The van der Waals surface area contributed by atoms with Gasteiger partial charge in [0.15, 0.2) is 5.84 Å². The van der Waals surface area contributed by atoms with E-state index in [1.807, 2.05) is 12.1 Å². The Morgan fingerprint density at radius 2 is 2.05 bits per heavy atom. The number of rotatable bonds is 1. The number of sulfonamides is 1. The van der Waals surface area contributed by atoms with Crippen LogP contribution < -0.4 is 0 Å². The zero-order valence-corrected chi connectivity index (χ0v) is 13.5. The number of hydrogen-bond acceptors (Lipinski definition) is 3. The topological polar surface area (TPSA) is 49.7 Å². The van der Waals surface area contributed by atoms with Crippen LogP contribution in [0.15, 0.2) is 33.6 Å². The van der Waals surface area contributed by atoms with Crippen LogP contribution in [0.4, 0.5) is 0 Å². The molecule has 1 aromatic rings. The number of likely N-dealkylation sites (tertiary alicyclic amines) is 1. The zero-order chi connectivity index (χ0) is 14.2. The van der Waals surface area contributed by atoms with E-state index in [9.17, 15) is 8.42 Å². The van der Waals surface area contributed by atoms with E-state index in [-0.39, 0.29) is 0 Å². The molecule has 2 heterocycles. The Morgan fingerprint density at radius 1 is 1.25 bits per heavy atom. The predicted octanol–water partition coefficient (Wildman–Crippen LogP) is 2.78. The molecule has 2 aliphatic rings. The molecule has 0 aliphatic carbocycles. The van der Waals surface area contributed by atoms with E-state index in [2.05, 4.69) is 25.2 Å². The number of hydrogen-bond donors (Lipinski definition) is 0. The van der Waals surface area contributed by atoms with Crippen LogP contribution in [-0.2, 0) is 10.0 Å². The highest BCUT2D eigenvalue weighted by molar-refractivity contribution is 9.09. The van der Waals surface area contributed by atoms with E-state index in [0.29, 0.717) is 16.8 Å². The van der Waals surface area contributed by atoms with Gasteiger partial charge in [-0.05, 0) is 25.0 Å². The highest BCUT2D eigenvalue weighted by Crippen LogP contribution is 2.30. The second-order valence-electron chi connectivity index (χ2n) is 5.24. The lowest BCUT2D eigenvalue weighted by Crippen LogP contribution is -2.41. The van der Waals surface area contributed by atoms with Crippen molar-refractivity contribution in [2.24, 2.45) is 4.40 Å². The lowest BCUT2D eigenvalue weighted by molar-refractivity contribution is 0.344. The maximum Gasteiger partial charge on any atom is 0.285 e. The molecule has 108 valence electrons. The second-order valence-corrected chi connectivity index (χ2v) is 7.46. The molecule has 1 saturated heterocycles. The monoisotopic (exact) mass is 356 g/mol. The smallest absolute Gasteiger partial charge is 0.285 e. The first-order valence-electron chi connectivity index (χ1n) is 6.90. The highest BCUT2D eigenvalue weighted by Gasteiger charge is 2.34. The number of nitrogens with zero attached hydrogens (tertiary/aromatic N) is 2. The first-order valence-corrected chi connectivity index (χ1v) is 9.46. The van der Waals surface area contributed by atoms with Crippen LogP contribution in [0.25, 0.3) is 0 Å². The number of alkyl halides is 1. The van der Waals surface area contributed by atoms with Gasteiger partial charge in [-0.1, -0.05) is 40.9 Å². The Labute approximate surface area is 128 Å². The fourth-order valence-electron chi connectivity index (χ4n) is 2.91. The SMILES string of the molecule is O=S1(=O)N=C(N2CCCCCC2CBr)c2ccccc21. The summed E-state index contributed by atoms with van der Waals surface area (Å²) in [5.41, 5.74) is 0.750. The molecule has 20 heavy (non-hydrogen) atoms. The van der Waals surface area contributed by atoms with Crippen LogP contribution in [-0.4, -0.2) is 37.1 Å². The Bertz CT molecular complexity index is 642. The fourth-order valence-corrected chi connectivity index (χ4v) is 4.80. The molecule has 6 heteroatoms. The van der Waals surface area contributed by atoms with Crippen LogP contribution >= 0.6 is 15.9 Å². The third-order valence-electron chi connectivity index (χ3n) is 3.94. The third-order valence-corrected chi connectivity index (χ3v) is 6.01. The van der Waals surface area contributed by atoms with Gasteiger partial charge in [0.25, 0.3) is 10.0 Å². The number of halogens is 1. The standard InChI is InChI=1S/C14H17BrN2O2S/c15-10-11-6-2-1-5-9-17(11)14-12-7-3-4-8-13(12)20(18,19)16-14/h3-4,7-8,11H,1-2,5-6,9-10H2. The molecule has 1 fully saturated rings. The van der Waals surface area contributed by atoms with Gasteiger partial charge in [-0.3, -0.25) is 0 Å². The molecule has 0 amide bonds. The normalized spacial score (nSPS) is 24.9. The molecule has 4 nitrogen and oxygen atoms in total. The van der Waals surface area contributed by atoms with Gasteiger partial charge in [0, 0.05) is 23.5 Å². The molecule has 0 aromatic heterocycles. The van der Waals surface area contributed by atoms with E-state index < -0.39 is 10.0 Å². The summed E-state index contributed by atoms with van der Waals surface area (Å²) in [5, 5.41) is 0.842. The predicted molar refractivity (Wildman–Crippen MR) is 82.9 cm³/mol. The van der Waals surface area contributed by atoms with Crippen LogP contribution in [0.3, 0.4) is 0 Å². The van der Waals surface area contributed by atoms with Crippen molar-refractivity contribution in [2.45, 2.75) is 36.6 Å². The average Bonchev–Trinajstić information content (AvgIpc) is 2.62. The van der Waals surface area contributed by atoms with Crippen molar-refractivity contribution in [2.75, 3.05) is 11.9 Å². The molecule has 1 atom stereocenters. The number of amidine groups is 1. The first-order chi connectivity index (χ1) is 9.63. The van der Waals surface area contributed by atoms with Gasteiger partial charge < -0.3 is 4.90 Å². The molecule has 0 bridgehead atoms. The Morgan fingerprint density at radius 3 is 2.85 bits per heavy atom. The first kappa shape index (κ1) is 14.1. The fraction of sp³-hybridized carbons (Fsp3) is 0.500. The minimum absolute atomic E-state index is 0.317. The van der Waals surface area contributed by atoms with Crippen LogP contribution in [0.2, 0.25) is 0 Å². The van der Waals surface area contributed by atoms with Crippen molar-refractivity contribution in [1.82, 2.24) is 4.90 Å². The van der Waals surface area contributed by atoms with Crippen molar-refractivity contribution >= 4 is 31.8 Å². The molecule has 0 spiro atoms. The molecule has 3 rings (SSSR count). The summed E-state index contributed by atoms with van der Waals surface area (Å²) in [6.07, 6.45) is 4.55. The van der Waals surface area contributed by atoms with Crippen molar-refractivity contribution < 1.29 is 8.42 Å². The lowest BCUT2D eigenvalue weighted by atomic mass is 10.1. The molecule has 0 radical (unpaired) electrons. The summed E-state index contributed by atoms with van der Waals surface area (Å²) in [7, 11) is -3.52. The molecule has 2 aliphatic heterocycles. The van der Waals surface area contributed by atoms with Gasteiger partial charge >= 0.3 is 0 Å². The summed E-state index contributed by atoms with van der Waals surface area (Å²) in [6.45, 7) is 0.874. The quantitative estimate of drug-likeness (QED) is 0.727. The van der Waals surface area contributed by atoms with E-state index >= 15 is 0 Å². The Kier molecular flexibility index (Phi) is 3.86. The van der Waals surface area contributed by atoms with Gasteiger partial charge in [-0.25, -0.2) is 0 Å². The van der Waals surface area contributed by atoms with Crippen molar-refractivity contribution in [3.63, 3.8) is 0 Å². The van der Waals surface area contributed by atoms with Gasteiger partial charge in [0.05, 0.1) is 0 Å². The second kappa shape index (κ2) is 5.48. The average molecular weight is 357 g/mol. The maximum absolute atomic E-state index is 12.2. The van der Waals surface area contributed by atoms with E-state index in [0.717, 1.165) is 30.3 Å². The number of benzene rings is 1. The summed E-state index contributed by atoms with van der Waals surface area (Å²) in [6, 6.07) is 7.43. The summed E-state index contributed by atoms with van der Waals surface area (Å²) in [5.74, 6) is 0.631. The highest BCUT2D eigenvalue weighted by atomic mass is 79.9. The van der Waals surface area contributed by atoms with Crippen molar-refractivity contribution in [3.8, 4) is 0 Å². The van der Waals surface area contributed by atoms with Crippen LogP contribution in [0.5, 0.6) is 0 Å². The lowest BCUT2D eigenvalue weighted by Gasteiger charge is -2.30. The summed E-state index contributed by atoms with van der Waals surface area (Å²) in [4.78, 5) is 2.51. The molecule has 0 saturated carbocycles. The Hall–Kier alpha value is -0.880. The van der Waals surface area contributed by atoms with E-state index in [4.69, 9.17) is 0 Å². The molecule has 1 unspecified atom stereocenters. The molecular formula is C14H17BrN2O2S. The largest absolute Gasteiger partial charge is 0.352 e. The van der Waals surface area contributed by atoms with Crippen molar-refractivity contribution in [3.05, 3.63) is 29.8 Å². The molecule has 0 N–H and O–H groups in total. The van der Waals surface area contributed by atoms with E-state index in [1.165, 1.54) is 12.8 Å². The maximum atomic E-state index is 12.2. The minimum atomic E-state index is -3.52. The third kappa shape index (κ3) is 2.39. The van der Waals surface area contributed by atoms with Gasteiger partial charge in [0.1, 0.15) is 4.90 Å². The van der Waals surface area contributed by atoms with Crippen LogP contribution in [0, 0.1) is 0 Å². The van der Waals surface area contributed by atoms with Crippen molar-refractivity contribution in [1.29, 1.82) is 0 Å². The van der Waals surface area contributed by atoms with Gasteiger partial charge in [-0.15, -0.1) is 4.40 Å². The number of fused-ring (bicyclic) bond motifs is 1. The van der Waals surface area contributed by atoms with Crippen LogP contribution in [0.1, 0.15) is 31.2 Å². The molecule has 1 aromatic carbocycles. The minimum Gasteiger partial charge on any atom is -0.352 e. The molecular weight excluding hydrogens is 340 g/mol. The summed E-state index contributed by atoms with van der Waals surface area (Å²) >= 11 is 3.56. The summed E-state index contributed by atoms with van der Waals surface area (Å²) < 4.78 is 28.4. The van der Waals surface area contributed by atoms with E-state index in [1.54, 1.807) is 12.1 Å². The van der Waals surface area contributed by atoms with Gasteiger partial charge in [-0.2, -0.15) is 8.42 Å². The Balaban J connectivity index is 2.05. The van der Waals surface area contributed by atoms with Gasteiger partial charge in [0.2, 0.25) is 0 Å². The zero-order valence-electron chi connectivity index (χ0n) is 11.1.